The van der Waals surface area contributed by atoms with Crippen LogP contribution < -0.4 is 19.1 Å². The number of carbonyl (C=O) groups excluding carboxylic acids is 1. The Labute approximate surface area is 201 Å². The summed E-state index contributed by atoms with van der Waals surface area (Å²) in [6.45, 7) is 2.66. The summed E-state index contributed by atoms with van der Waals surface area (Å²) >= 11 is 0. The van der Waals surface area contributed by atoms with Crippen LogP contribution in [0.15, 0.2) is 78.9 Å². The molecule has 3 aromatic carbocycles. The quantitative estimate of drug-likeness (QED) is 0.387. The zero-order valence-electron chi connectivity index (χ0n) is 19.4. The molecular weight excluding hydrogens is 452 g/mol. The third-order valence-corrected chi connectivity index (χ3v) is 6.15. The number of hydrogen-bond acceptors (Lipinski definition) is 5. The van der Waals surface area contributed by atoms with E-state index in [1.165, 1.54) is 0 Å². The van der Waals surface area contributed by atoms with Crippen LogP contribution in [-0.2, 0) is 21.2 Å². The number of aryl methyl sites for hydroxylation is 1. The fourth-order valence-corrected chi connectivity index (χ4v) is 4.26. The molecule has 0 unspecified atom stereocenters. The minimum atomic E-state index is -3.66. The number of nitrogens with one attached hydrogen (secondary N) is 1. The molecule has 7 nitrogen and oxygen atoms in total. The largest absolute Gasteiger partial charge is 0.494 e. The molecule has 3 rings (SSSR count). The Morgan fingerprint density at radius 1 is 0.912 bits per heavy atom. The summed E-state index contributed by atoms with van der Waals surface area (Å²) in [7, 11) is -3.66. The maximum atomic E-state index is 12.5. The Balaban J connectivity index is 1.55. The predicted octanol–water partition coefficient (Wildman–Crippen LogP) is 4.39. The van der Waals surface area contributed by atoms with Gasteiger partial charge >= 0.3 is 0 Å². The van der Waals surface area contributed by atoms with E-state index in [2.05, 4.69) is 5.32 Å². The molecule has 34 heavy (non-hydrogen) atoms. The van der Waals surface area contributed by atoms with Crippen LogP contribution in [0.25, 0.3) is 0 Å². The first-order valence-electron chi connectivity index (χ1n) is 11.1. The zero-order valence-corrected chi connectivity index (χ0v) is 20.3. The summed E-state index contributed by atoms with van der Waals surface area (Å²) < 4.78 is 37.2. The van der Waals surface area contributed by atoms with Crippen molar-refractivity contribution in [2.45, 2.75) is 19.8 Å². The van der Waals surface area contributed by atoms with Crippen LogP contribution in [0, 0.1) is 0 Å². The van der Waals surface area contributed by atoms with Crippen molar-refractivity contribution in [3.05, 3.63) is 84.4 Å². The van der Waals surface area contributed by atoms with Crippen LogP contribution in [0.3, 0.4) is 0 Å². The maximum Gasteiger partial charge on any atom is 0.240 e. The smallest absolute Gasteiger partial charge is 0.240 e. The van der Waals surface area contributed by atoms with Crippen LogP contribution in [-0.4, -0.2) is 40.3 Å². The zero-order chi connectivity index (χ0) is 24.4. The number of benzene rings is 3. The van der Waals surface area contributed by atoms with Gasteiger partial charge in [0.05, 0.1) is 18.6 Å². The molecule has 0 bridgehead atoms. The highest BCUT2D eigenvalue weighted by atomic mass is 32.2. The average molecular weight is 483 g/mol. The lowest BCUT2D eigenvalue weighted by molar-refractivity contribution is -0.119. The van der Waals surface area contributed by atoms with Gasteiger partial charge in [0.25, 0.3) is 0 Å². The molecular formula is C26H30N2O5S. The van der Waals surface area contributed by atoms with Crippen molar-refractivity contribution in [3.63, 3.8) is 0 Å². The van der Waals surface area contributed by atoms with Crippen molar-refractivity contribution < 1.29 is 22.7 Å². The monoisotopic (exact) mass is 482 g/mol. The van der Waals surface area contributed by atoms with Crippen molar-refractivity contribution in [3.8, 4) is 17.2 Å². The molecule has 0 heterocycles. The van der Waals surface area contributed by atoms with Gasteiger partial charge in [0.2, 0.25) is 15.9 Å². The van der Waals surface area contributed by atoms with Gasteiger partial charge in [-0.1, -0.05) is 36.4 Å². The lowest BCUT2D eigenvalue weighted by Gasteiger charge is -2.22. The summed E-state index contributed by atoms with van der Waals surface area (Å²) in [5.41, 5.74) is 1.47. The normalized spacial score (nSPS) is 11.0. The number of amides is 1. The van der Waals surface area contributed by atoms with E-state index < -0.39 is 10.0 Å². The highest BCUT2D eigenvalue weighted by Gasteiger charge is 2.20. The number of sulfonamides is 1. The summed E-state index contributed by atoms with van der Waals surface area (Å²) in [5, 5.41) is 2.81. The highest BCUT2D eigenvalue weighted by Crippen LogP contribution is 2.25. The topological polar surface area (TPSA) is 84.9 Å². The van der Waals surface area contributed by atoms with Gasteiger partial charge in [0, 0.05) is 6.54 Å². The Morgan fingerprint density at radius 3 is 2.24 bits per heavy atom. The first-order chi connectivity index (χ1) is 16.4. The van der Waals surface area contributed by atoms with Crippen molar-refractivity contribution >= 4 is 21.6 Å². The molecule has 0 saturated heterocycles. The predicted molar refractivity (Wildman–Crippen MR) is 134 cm³/mol. The molecule has 0 aliphatic heterocycles. The standard InChI is InChI=1S/C26H30N2O5S/c1-3-32-25-14-8-7-10-21(25)11-9-19-27-26(29)20-28(34(2,30)31)22-15-17-24(18-16-22)33-23-12-5-4-6-13-23/h4-8,10,12-18H,3,9,11,19-20H2,1-2H3,(H,27,29). The van der Waals surface area contributed by atoms with Gasteiger partial charge in [-0.2, -0.15) is 0 Å². The average Bonchev–Trinajstić information content (AvgIpc) is 2.82. The second-order valence-corrected chi connectivity index (χ2v) is 9.58. The summed E-state index contributed by atoms with van der Waals surface area (Å²) in [6, 6.07) is 23.7. The number of rotatable bonds is 12. The van der Waals surface area contributed by atoms with E-state index in [0.29, 0.717) is 36.8 Å². The minimum Gasteiger partial charge on any atom is -0.494 e. The molecule has 0 aliphatic rings. The van der Waals surface area contributed by atoms with Gasteiger partial charge in [-0.3, -0.25) is 9.10 Å². The summed E-state index contributed by atoms with van der Waals surface area (Å²) in [4.78, 5) is 12.5. The van der Waals surface area contributed by atoms with E-state index >= 15 is 0 Å². The van der Waals surface area contributed by atoms with Gasteiger partial charge < -0.3 is 14.8 Å². The molecule has 0 aliphatic carbocycles. The van der Waals surface area contributed by atoms with Crippen molar-refractivity contribution in [1.29, 1.82) is 0 Å². The van der Waals surface area contributed by atoms with Gasteiger partial charge in [-0.15, -0.1) is 0 Å². The van der Waals surface area contributed by atoms with Gasteiger partial charge in [0.1, 0.15) is 23.8 Å². The number of nitrogens with zero attached hydrogens (tertiary/aromatic N) is 1. The van der Waals surface area contributed by atoms with Crippen LogP contribution in [0.5, 0.6) is 17.2 Å². The number of ether oxygens (including phenoxy) is 2. The fraction of sp³-hybridized carbons (Fsp3) is 0.269. The number of para-hydroxylation sites is 2. The van der Waals surface area contributed by atoms with E-state index in [0.717, 1.165) is 28.3 Å². The Kier molecular flexibility index (Phi) is 8.93. The van der Waals surface area contributed by atoms with Crippen LogP contribution in [0.1, 0.15) is 18.9 Å². The van der Waals surface area contributed by atoms with Gasteiger partial charge in [0.15, 0.2) is 0 Å². The van der Waals surface area contributed by atoms with E-state index in [1.54, 1.807) is 24.3 Å². The second kappa shape index (κ2) is 12.1. The molecule has 3 aromatic rings. The van der Waals surface area contributed by atoms with E-state index in [9.17, 15) is 13.2 Å². The third kappa shape index (κ3) is 7.52. The summed E-state index contributed by atoms with van der Waals surface area (Å²) in [6.07, 6.45) is 2.54. The van der Waals surface area contributed by atoms with Crippen LogP contribution in [0.4, 0.5) is 5.69 Å². The minimum absolute atomic E-state index is 0.298. The third-order valence-electron chi connectivity index (χ3n) is 5.01. The molecule has 8 heteroatoms. The molecule has 0 fully saturated rings. The highest BCUT2D eigenvalue weighted by molar-refractivity contribution is 7.92. The number of carbonyl (C=O) groups is 1. The lowest BCUT2D eigenvalue weighted by atomic mass is 10.1. The molecule has 0 aromatic heterocycles. The molecule has 0 atom stereocenters. The SMILES string of the molecule is CCOc1ccccc1CCCNC(=O)CN(c1ccc(Oc2ccccc2)cc1)S(C)(=O)=O. The van der Waals surface area contributed by atoms with Crippen molar-refractivity contribution in [2.24, 2.45) is 0 Å². The molecule has 180 valence electrons. The maximum absolute atomic E-state index is 12.5. The number of anilines is 1. The van der Waals surface area contributed by atoms with E-state index in [4.69, 9.17) is 9.47 Å². The lowest BCUT2D eigenvalue weighted by Crippen LogP contribution is -2.40. The van der Waals surface area contributed by atoms with Gasteiger partial charge in [-0.25, -0.2) is 8.42 Å². The first kappa shape index (κ1) is 25.1. The molecule has 0 saturated carbocycles. The Bertz CT molecular complexity index is 1170. The molecule has 1 amide bonds. The Hall–Kier alpha value is -3.52. The van der Waals surface area contributed by atoms with Gasteiger partial charge in [-0.05, 0) is 67.8 Å². The van der Waals surface area contributed by atoms with Crippen LogP contribution >= 0.6 is 0 Å². The summed E-state index contributed by atoms with van der Waals surface area (Å²) in [5.74, 6) is 1.73. The van der Waals surface area contributed by atoms with Crippen molar-refractivity contribution in [2.75, 3.05) is 30.3 Å². The fourth-order valence-electron chi connectivity index (χ4n) is 3.40. The van der Waals surface area contributed by atoms with Crippen molar-refractivity contribution in [1.82, 2.24) is 5.32 Å². The van der Waals surface area contributed by atoms with Crippen LogP contribution in [0.2, 0.25) is 0 Å². The Morgan fingerprint density at radius 2 is 1.56 bits per heavy atom. The number of hydrogen-bond donors (Lipinski definition) is 1. The second-order valence-electron chi connectivity index (χ2n) is 7.67. The molecule has 0 radical (unpaired) electrons. The van der Waals surface area contributed by atoms with E-state index in [-0.39, 0.29) is 12.5 Å². The molecule has 0 spiro atoms. The first-order valence-corrected chi connectivity index (χ1v) is 13.0. The van der Waals surface area contributed by atoms with E-state index in [1.807, 2.05) is 61.5 Å². The molecule has 1 N–H and O–H groups in total.